The van der Waals surface area contributed by atoms with Crippen molar-refractivity contribution in [1.82, 2.24) is 10.4 Å². The zero-order valence-electron chi connectivity index (χ0n) is 14.4. The van der Waals surface area contributed by atoms with Gasteiger partial charge in [-0.3, -0.25) is 30.0 Å². The molecule has 2 aromatic carbocycles. The first kappa shape index (κ1) is 20.2. The second-order valence-corrected chi connectivity index (χ2v) is 6.26. The average molecular weight is 410 g/mol. The third-order valence-electron chi connectivity index (χ3n) is 4.50. The average Bonchev–Trinajstić information content (AvgIpc) is 3.09. The van der Waals surface area contributed by atoms with Gasteiger partial charge in [0, 0.05) is 22.6 Å². The quantitative estimate of drug-likeness (QED) is 0.612. The van der Waals surface area contributed by atoms with Crippen molar-refractivity contribution < 1.29 is 27.8 Å². The predicted octanol–water partition coefficient (Wildman–Crippen LogP) is 2.87. The van der Waals surface area contributed by atoms with Gasteiger partial charge in [0.1, 0.15) is 6.04 Å². The number of carbonyl (C=O) groups is 1. The number of hydrogen-bond donors (Lipinski definition) is 1. The van der Waals surface area contributed by atoms with Gasteiger partial charge in [0.15, 0.2) is 6.04 Å². The summed E-state index contributed by atoms with van der Waals surface area (Å²) < 4.78 is 40.4. The summed E-state index contributed by atoms with van der Waals surface area (Å²) in [6, 6.07) is 5.21. The molecule has 0 aliphatic carbocycles. The molecule has 1 amide bonds. The highest BCUT2D eigenvalue weighted by atomic mass is 19.4. The maximum absolute atomic E-state index is 13.5. The summed E-state index contributed by atoms with van der Waals surface area (Å²) in [5.74, 6) is -0.979. The van der Waals surface area contributed by atoms with Gasteiger partial charge in [-0.05, 0) is 17.7 Å². The number of hydrazine groups is 1. The van der Waals surface area contributed by atoms with Crippen LogP contribution in [0.5, 0.6) is 0 Å². The van der Waals surface area contributed by atoms with E-state index in [0.717, 1.165) is 24.3 Å². The van der Waals surface area contributed by atoms with Crippen molar-refractivity contribution in [3.05, 3.63) is 86.0 Å². The normalized spacial score (nSPS) is 21.8. The Balaban J connectivity index is 2.05. The number of benzene rings is 2. The fourth-order valence-corrected chi connectivity index (χ4v) is 3.19. The summed E-state index contributed by atoms with van der Waals surface area (Å²) >= 11 is 0. The van der Waals surface area contributed by atoms with E-state index in [2.05, 4.69) is 0 Å². The van der Waals surface area contributed by atoms with Crippen LogP contribution in [-0.2, 0) is 0 Å². The molecular weight excluding hydrogens is 397 g/mol. The topological polar surface area (TPSA) is 119 Å². The van der Waals surface area contributed by atoms with Gasteiger partial charge in [-0.2, -0.15) is 13.2 Å². The molecule has 0 spiro atoms. The van der Waals surface area contributed by atoms with E-state index in [9.17, 15) is 38.2 Å². The van der Waals surface area contributed by atoms with Crippen molar-refractivity contribution in [3.8, 4) is 0 Å². The summed E-state index contributed by atoms with van der Waals surface area (Å²) in [7, 11) is 0. The maximum Gasteiger partial charge on any atom is 0.412 e. The van der Waals surface area contributed by atoms with Crippen LogP contribution in [-0.4, -0.2) is 39.0 Å². The largest absolute Gasteiger partial charge is 0.412 e. The number of non-ortho nitro benzene ring substituents is 1. The second-order valence-electron chi connectivity index (χ2n) is 6.26. The maximum atomic E-state index is 13.5. The number of nitro groups is 2. The van der Waals surface area contributed by atoms with E-state index >= 15 is 0 Å². The van der Waals surface area contributed by atoms with E-state index in [1.54, 1.807) is 6.07 Å². The minimum Gasteiger partial charge on any atom is -0.268 e. The van der Waals surface area contributed by atoms with Crippen molar-refractivity contribution >= 4 is 11.6 Å². The lowest BCUT2D eigenvalue weighted by Crippen LogP contribution is -2.49. The lowest BCUT2D eigenvalue weighted by Gasteiger charge is -2.24. The molecule has 0 radical (unpaired) electrons. The number of hydrogen-bond acceptors (Lipinski definition) is 6. The minimum absolute atomic E-state index is 0.142. The van der Waals surface area contributed by atoms with Crippen molar-refractivity contribution in [2.45, 2.75) is 24.3 Å². The van der Waals surface area contributed by atoms with Crippen LogP contribution in [0.4, 0.5) is 18.9 Å². The highest BCUT2D eigenvalue weighted by Crippen LogP contribution is 2.39. The van der Waals surface area contributed by atoms with E-state index in [1.807, 2.05) is 5.43 Å². The Hall–Kier alpha value is -3.54. The molecule has 12 heteroatoms. The summed E-state index contributed by atoms with van der Waals surface area (Å²) in [4.78, 5) is 33.4. The SMILES string of the molecule is O=C(c1ccc([N+](=O)[O-])cc1)N1N[C@@H](C(F)(F)F)[C@H]([N+](=O)[O-])[C@@H]1c1ccccc1. The Morgan fingerprint density at radius 2 is 1.59 bits per heavy atom. The molecule has 3 rings (SSSR count). The summed E-state index contributed by atoms with van der Waals surface area (Å²) in [6.45, 7) is 0. The van der Waals surface area contributed by atoms with E-state index in [4.69, 9.17) is 0 Å². The van der Waals surface area contributed by atoms with Crippen molar-refractivity contribution in [2.75, 3.05) is 0 Å². The molecule has 1 saturated heterocycles. The number of nitrogens with one attached hydrogen (secondary N) is 1. The molecule has 1 aliphatic rings. The van der Waals surface area contributed by atoms with Crippen LogP contribution in [0.2, 0.25) is 0 Å². The van der Waals surface area contributed by atoms with Crippen LogP contribution in [0, 0.1) is 20.2 Å². The van der Waals surface area contributed by atoms with Gasteiger partial charge >= 0.3 is 6.18 Å². The molecule has 1 N–H and O–H groups in total. The summed E-state index contributed by atoms with van der Waals surface area (Å²) in [6.07, 6.45) is -4.99. The fraction of sp³-hybridized carbons (Fsp3) is 0.235. The highest BCUT2D eigenvalue weighted by Gasteiger charge is 2.62. The molecule has 1 fully saturated rings. The molecule has 0 unspecified atom stereocenters. The molecular formula is C17H13F3N4O5. The van der Waals surface area contributed by atoms with E-state index in [-0.39, 0.29) is 16.8 Å². The lowest BCUT2D eigenvalue weighted by atomic mass is 9.95. The first-order valence-corrected chi connectivity index (χ1v) is 8.20. The molecule has 29 heavy (non-hydrogen) atoms. The molecule has 0 saturated carbocycles. The van der Waals surface area contributed by atoms with Crippen LogP contribution in [0.1, 0.15) is 22.0 Å². The smallest absolute Gasteiger partial charge is 0.268 e. The number of rotatable bonds is 4. The van der Waals surface area contributed by atoms with Crippen molar-refractivity contribution in [2.24, 2.45) is 0 Å². The number of alkyl halides is 3. The molecule has 152 valence electrons. The monoisotopic (exact) mass is 410 g/mol. The first-order valence-electron chi connectivity index (χ1n) is 8.20. The Morgan fingerprint density at radius 3 is 2.07 bits per heavy atom. The molecule has 0 aromatic heterocycles. The minimum atomic E-state index is -4.99. The van der Waals surface area contributed by atoms with Crippen LogP contribution in [0.15, 0.2) is 54.6 Å². The highest BCUT2D eigenvalue weighted by molar-refractivity contribution is 5.94. The molecule has 2 aromatic rings. The van der Waals surface area contributed by atoms with Crippen molar-refractivity contribution in [3.63, 3.8) is 0 Å². The van der Waals surface area contributed by atoms with Gasteiger partial charge < -0.3 is 0 Å². The van der Waals surface area contributed by atoms with Crippen LogP contribution >= 0.6 is 0 Å². The third-order valence-corrected chi connectivity index (χ3v) is 4.50. The Labute approximate surface area is 161 Å². The second kappa shape index (κ2) is 7.47. The Kier molecular flexibility index (Phi) is 5.20. The van der Waals surface area contributed by atoms with Gasteiger partial charge in [0.2, 0.25) is 0 Å². The first-order chi connectivity index (χ1) is 13.6. The Bertz CT molecular complexity index is 936. The third kappa shape index (κ3) is 3.87. The van der Waals surface area contributed by atoms with Gasteiger partial charge in [-0.15, -0.1) is 0 Å². The standard InChI is InChI=1S/C17H13F3N4O5/c18-17(19,20)15-14(24(28)29)13(10-4-2-1-3-5-10)22(21-15)16(25)11-6-8-12(9-7-11)23(26)27/h1-9,13-15,21H/t13-,14+,15+/m0/s1. The molecule has 1 heterocycles. The summed E-state index contributed by atoms with van der Waals surface area (Å²) in [5.41, 5.74) is 1.60. The number of nitrogens with zero attached hydrogens (tertiary/aromatic N) is 3. The zero-order valence-corrected chi connectivity index (χ0v) is 14.4. The Morgan fingerprint density at radius 1 is 1.00 bits per heavy atom. The van der Waals surface area contributed by atoms with Gasteiger partial charge in [-0.1, -0.05) is 30.3 Å². The number of amides is 1. The number of nitro benzene ring substituents is 1. The molecule has 0 bridgehead atoms. The van der Waals surface area contributed by atoms with Gasteiger partial charge in [-0.25, -0.2) is 5.43 Å². The molecule has 9 nitrogen and oxygen atoms in total. The van der Waals surface area contributed by atoms with Crippen LogP contribution in [0.3, 0.4) is 0 Å². The molecule has 1 aliphatic heterocycles. The zero-order chi connectivity index (χ0) is 21.3. The number of carbonyl (C=O) groups excluding carboxylic acids is 1. The lowest BCUT2D eigenvalue weighted by molar-refractivity contribution is -0.534. The van der Waals surface area contributed by atoms with Gasteiger partial charge in [0.05, 0.1) is 4.92 Å². The fourth-order valence-electron chi connectivity index (χ4n) is 3.19. The van der Waals surface area contributed by atoms with Crippen LogP contribution in [0.25, 0.3) is 0 Å². The van der Waals surface area contributed by atoms with E-state index in [0.29, 0.717) is 5.01 Å². The predicted molar refractivity (Wildman–Crippen MR) is 92.2 cm³/mol. The summed E-state index contributed by atoms with van der Waals surface area (Å²) in [5, 5.41) is 22.8. The number of halogens is 3. The van der Waals surface area contributed by atoms with E-state index < -0.39 is 40.1 Å². The molecule has 3 atom stereocenters. The van der Waals surface area contributed by atoms with Crippen molar-refractivity contribution in [1.29, 1.82) is 0 Å². The van der Waals surface area contributed by atoms with Crippen LogP contribution < -0.4 is 5.43 Å². The van der Waals surface area contributed by atoms with E-state index in [1.165, 1.54) is 24.3 Å². The van der Waals surface area contributed by atoms with Gasteiger partial charge in [0.25, 0.3) is 17.6 Å².